The quantitative estimate of drug-likeness (QED) is 0.108. The summed E-state index contributed by atoms with van der Waals surface area (Å²) in [6.45, 7) is 10.1. The van der Waals surface area contributed by atoms with E-state index in [1.807, 2.05) is 64.4 Å². The van der Waals surface area contributed by atoms with E-state index in [0.29, 0.717) is 46.5 Å². The molecule has 0 radical (unpaired) electrons. The fourth-order valence-corrected chi connectivity index (χ4v) is 3.23. The molecular formula is C29H38ClN5O4. The topological polar surface area (TPSA) is 127 Å². The first-order valence-corrected chi connectivity index (χ1v) is 13.0. The number of aliphatic imine (C=N–C) groups is 1. The van der Waals surface area contributed by atoms with Crippen LogP contribution < -0.4 is 31.4 Å². The Morgan fingerprint density at radius 2 is 1.56 bits per heavy atom. The van der Waals surface area contributed by atoms with Crippen LogP contribution in [0, 0.1) is 0 Å². The minimum absolute atomic E-state index is 0.218. The number of carbonyl (C=O) groups is 2. The molecule has 0 aliphatic rings. The summed E-state index contributed by atoms with van der Waals surface area (Å²) in [5.74, 6) is 5.23. The summed E-state index contributed by atoms with van der Waals surface area (Å²) in [5, 5.41) is 6.54. The number of ether oxygens (including phenoxy) is 2. The molecule has 2 amide bonds. The molecule has 10 heteroatoms. The molecule has 0 heterocycles. The molecule has 0 spiro atoms. The van der Waals surface area contributed by atoms with Gasteiger partial charge in [-0.25, -0.2) is 5.84 Å². The molecule has 0 saturated carbocycles. The van der Waals surface area contributed by atoms with Gasteiger partial charge in [-0.3, -0.25) is 20.0 Å². The van der Waals surface area contributed by atoms with E-state index in [0.717, 1.165) is 11.4 Å². The van der Waals surface area contributed by atoms with Gasteiger partial charge in [-0.05, 0) is 56.3 Å². The predicted octanol–water partition coefficient (Wildman–Crippen LogP) is 6.20. The summed E-state index contributed by atoms with van der Waals surface area (Å²) in [4.78, 5) is 27.0. The maximum atomic E-state index is 12.9. The molecule has 5 N–H and O–H groups in total. The van der Waals surface area contributed by atoms with Crippen LogP contribution in [0.15, 0.2) is 65.7 Å². The Balaban J connectivity index is 0.000000975. The lowest BCUT2D eigenvalue weighted by atomic mass is 10.1. The van der Waals surface area contributed by atoms with Gasteiger partial charge in [0, 0.05) is 48.1 Å². The minimum Gasteiger partial charge on any atom is -0.494 e. The van der Waals surface area contributed by atoms with Crippen molar-refractivity contribution in [3.8, 4) is 11.5 Å². The Bertz CT molecular complexity index is 1210. The SMILES string of the molecule is CC.CC(=O)NN.CCOc1cc(OCC)cc(C(=O)Nc2ccc(Cl)c(C=Nc3ccccc3NC)c2)c1. The van der Waals surface area contributed by atoms with E-state index in [-0.39, 0.29) is 11.8 Å². The lowest BCUT2D eigenvalue weighted by Gasteiger charge is -2.12. The van der Waals surface area contributed by atoms with E-state index in [1.54, 1.807) is 42.6 Å². The zero-order valence-corrected chi connectivity index (χ0v) is 24.1. The number of nitrogens with one attached hydrogen (secondary N) is 3. The molecule has 0 unspecified atom stereocenters. The molecule has 0 atom stereocenters. The Morgan fingerprint density at radius 1 is 0.974 bits per heavy atom. The number of anilines is 2. The van der Waals surface area contributed by atoms with Gasteiger partial charge in [0.25, 0.3) is 5.91 Å². The number of amides is 2. The first-order valence-electron chi connectivity index (χ1n) is 12.6. The van der Waals surface area contributed by atoms with Crippen LogP contribution in [0.2, 0.25) is 5.02 Å². The van der Waals surface area contributed by atoms with E-state index < -0.39 is 0 Å². The third-order valence-electron chi connectivity index (χ3n) is 4.74. The highest BCUT2D eigenvalue weighted by Crippen LogP contribution is 2.27. The number of para-hydroxylation sites is 2. The summed E-state index contributed by atoms with van der Waals surface area (Å²) in [6.07, 6.45) is 1.68. The maximum absolute atomic E-state index is 12.9. The fourth-order valence-electron chi connectivity index (χ4n) is 3.06. The van der Waals surface area contributed by atoms with Crippen LogP contribution in [0.25, 0.3) is 0 Å². The summed E-state index contributed by atoms with van der Waals surface area (Å²) >= 11 is 6.35. The van der Waals surface area contributed by atoms with E-state index in [2.05, 4.69) is 21.5 Å². The van der Waals surface area contributed by atoms with Gasteiger partial charge in [0.1, 0.15) is 11.5 Å². The molecule has 3 aromatic carbocycles. The number of nitrogens with zero attached hydrogens (tertiary/aromatic N) is 1. The predicted molar refractivity (Wildman–Crippen MR) is 161 cm³/mol. The maximum Gasteiger partial charge on any atom is 0.255 e. The fraction of sp³-hybridized carbons (Fsp3) is 0.276. The van der Waals surface area contributed by atoms with Gasteiger partial charge < -0.3 is 20.1 Å². The summed E-state index contributed by atoms with van der Waals surface area (Å²) in [7, 11) is 1.84. The molecule has 0 fully saturated rings. The van der Waals surface area contributed by atoms with Gasteiger partial charge in [-0.15, -0.1) is 0 Å². The van der Waals surface area contributed by atoms with Gasteiger partial charge in [0.2, 0.25) is 5.91 Å². The molecule has 0 aliphatic carbocycles. The van der Waals surface area contributed by atoms with Crippen LogP contribution in [-0.2, 0) is 4.79 Å². The highest BCUT2D eigenvalue weighted by molar-refractivity contribution is 6.33. The monoisotopic (exact) mass is 555 g/mol. The smallest absolute Gasteiger partial charge is 0.255 e. The van der Waals surface area contributed by atoms with E-state index in [9.17, 15) is 9.59 Å². The van der Waals surface area contributed by atoms with E-state index in [1.165, 1.54) is 6.92 Å². The Labute approximate surface area is 235 Å². The number of hydrazine groups is 1. The first kappa shape index (κ1) is 32.9. The zero-order valence-electron chi connectivity index (χ0n) is 23.3. The van der Waals surface area contributed by atoms with Crippen molar-refractivity contribution in [1.29, 1.82) is 0 Å². The van der Waals surface area contributed by atoms with Crippen LogP contribution in [0.5, 0.6) is 11.5 Å². The molecule has 0 saturated heterocycles. The van der Waals surface area contributed by atoms with Crippen molar-refractivity contribution in [2.24, 2.45) is 10.8 Å². The van der Waals surface area contributed by atoms with Crippen molar-refractivity contribution in [3.63, 3.8) is 0 Å². The average Bonchev–Trinajstić information content (AvgIpc) is 2.95. The van der Waals surface area contributed by atoms with Crippen LogP contribution >= 0.6 is 11.6 Å². The van der Waals surface area contributed by atoms with Crippen molar-refractivity contribution in [2.75, 3.05) is 30.9 Å². The standard InChI is InChI=1S/C25H26ClN3O3.C2H6N2O.C2H6/c1-4-31-20-13-17(14-21(15-20)32-5-2)25(30)29-19-10-11-22(26)18(12-19)16-28-24-9-7-6-8-23(24)27-3;1-2(5)4-3;1-2/h6-16,27H,4-5H2,1-3H3,(H,29,30);3H2,1H3,(H,4,5);1-2H3. The highest BCUT2D eigenvalue weighted by Gasteiger charge is 2.12. The third kappa shape index (κ3) is 11.5. The number of halogens is 1. The van der Waals surface area contributed by atoms with Crippen LogP contribution in [0.4, 0.5) is 17.1 Å². The molecule has 0 aliphatic heterocycles. The number of nitrogens with two attached hydrogens (primary N) is 1. The minimum atomic E-state index is -0.279. The van der Waals surface area contributed by atoms with Crippen LogP contribution in [-0.4, -0.2) is 38.3 Å². The summed E-state index contributed by atoms with van der Waals surface area (Å²) in [6, 6.07) is 18.1. The van der Waals surface area contributed by atoms with Gasteiger partial charge >= 0.3 is 0 Å². The second-order valence-electron chi connectivity index (χ2n) is 7.48. The van der Waals surface area contributed by atoms with Crippen molar-refractivity contribution in [2.45, 2.75) is 34.6 Å². The molecule has 210 valence electrons. The Kier molecular flexibility index (Phi) is 15.4. The van der Waals surface area contributed by atoms with Gasteiger partial charge in [-0.2, -0.15) is 0 Å². The van der Waals surface area contributed by atoms with E-state index >= 15 is 0 Å². The van der Waals surface area contributed by atoms with Crippen molar-refractivity contribution in [3.05, 3.63) is 76.8 Å². The number of benzene rings is 3. The first-order chi connectivity index (χ1) is 18.8. The molecule has 0 aromatic heterocycles. The third-order valence-corrected chi connectivity index (χ3v) is 5.08. The molecular weight excluding hydrogens is 518 g/mol. The molecule has 0 bridgehead atoms. The average molecular weight is 556 g/mol. The lowest BCUT2D eigenvalue weighted by Crippen LogP contribution is -2.26. The molecule has 3 rings (SSSR count). The second kappa shape index (κ2) is 18.2. The van der Waals surface area contributed by atoms with Crippen LogP contribution in [0.3, 0.4) is 0 Å². The Hall–Kier alpha value is -4.08. The highest BCUT2D eigenvalue weighted by atomic mass is 35.5. The Morgan fingerprint density at radius 3 is 2.10 bits per heavy atom. The summed E-state index contributed by atoms with van der Waals surface area (Å²) in [5.41, 5.74) is 5.31. The largest absolute Gasteiger partial charge is 0.494 e. The molecule has 3 aromatic rings. The normalized spacial score (nSPS) is 9.85. The van der Waals surface area contributed by atoms with E-state index in [4.69, 9.17) is 21.1 Å². The van der Waals surface area contributed by atoms with Gasteiger partial charge in [0.05, 0.1) is 24.6 Å². The molecule has 39 heavy (non-hydrogen) atoms. The van der Waals surface area contributed by atoms with Crippen molar-refractivity contribution >= 4 is 46.7 Å². The number of hydrogen-bond acceptors (Lipinski definition) is 7. The summed E-state index contributed by atoms with van der Waals surface area (Å²) < 4.78 is 11.1. The zero-order chi connectivity index (χ0) is 29.2. The molecule has 9 nitrogen and oxygen atoms in total. The number of hydrogen-bond donors (Lipinski definition) is 4. The number of rotatable bonds is 9. The second-order valence-corrected chi connectivity index (χ2v) is 7.88. The lowest BCUT2D eigenvalue weighted by molar-refractivity contribution is -0.119. The van der Waals surface area contributed by atoms with Crippen LogP contribution in [0.1, 0.15) is 50.5 Å². The van der Waals surface area contributed by atoms with Crippen molar-refractivity contribution < 1.29 is 19.1 Å². The number of carbonyl (C=O) groups excluding carboxylic acids is 2. The van der Waals surface area contributed by atoms with Gasteiger partial charge in [-0.1, -0.05) is 37.6 Å². The van der Waals surface area contributed by atoms with Gasteiger partial charge in [0.15, 0.2) is 0 Å². The van der Waals surface area contributed by atoms with Crippen molar-refractivity contribution in [1.82, 2.24) is 5.43 Å².